The zero-order valence-electron chi connectivity index (χ0n) is 26.7. The van der Waals surface area contributed by atoms with Gasteiger partial charge < -0.3 is 9.42 Å². The average Bonchev–Trinajstić information content (AvgIpc) is 3.51. The van der Waals surface area contributed by atoms with Crippen LogP contribution in [-0.4, -0.2) is 92.2 Å². The molecule has 3 aromatic rings. The summed E-state index contributed by atoms with van der Waals surface area (Å²) in [6.45, 7) is 6.41. The lowest BCUT2D eigenvalue weighted by Crippen LogP contribution is -2.49. The predicted octanol–water partition coefficient (Wildman–Crippen LogP) is 5.39. The monoisotopic (exact) mass is 691 g/mol. The summed E-state index contributed by atoms with van der Waals surface area (Å²) in [5.41, 5.74) is 2.59. The molecule has 1 saturated carbocycles. The fourth-order valence-electron chi connectivity index (χ4n) is 7.35. The van der Waals surface area contributed by atoms with Gasteiger partial charge in [-0.2, -0.15) is 21.3 Å². The average molecular weight is 692 g/mol. The van der Waals surface area contributed by atoms with Crippen molar-refractivity contribution in [2.75, 3.05) is 52.4 Å². The van der Waals surface area contributed by atoms with Crippen molar-refractivity contribution < 1.29 is 21.4 Å². The maximum atomic E-state index is 14.2. The van der Waals surface area contributed by atoms with Crippen molar-refractivity contribution >= 4 is 42.8 Å². The first-order valence-corrected chi connectivity index (χ1v) is 19.9. The van der Waals surface area contributed by atoms with Crippen LogP contribution in [-0.2, 0) is 33.2 Å². The molecule has 1 aromatic heterocycles. The van der Waals surface area contributed by atoms with E-state index < -0.39 is 20.2 Å². The molecule has 0 N–H and O–H groups in total. The highest BCUT2D eigenvalue weighted by atomic mass is 35.5. The molecule has 10 nitrogen and oxygen atoms in total. The molecule has 2 aromatic carbocycles. The summed E-state index contributed by atoms with van der Waals surface area (Å²) in [6, 6.07) is 10.5. The van der Waals surface area contributed by atoms with Crippen LogP contribution >= 0.6 is 11.6 Å². The molecular formula is C33H46ClN5O5S2. The Morgan fingerprint density at radius 3 is 2.35 bits per heavy atom. The number of nitrogens with zero attached hydrogens (tertiary/aromatic N) is 5. The summed E-state index contributed by atoms with van der Waals surface area (Å²) in [6.07, 6.45) is 9.84. The highest BCUT2D eigenvalue weighted by Gasteiger charge is 2.35. The van der Waals surface area contributed by atoms with E-state index in [9.17, 15) is 16.8 Å². The second-order valence-corrected chi connectivity index (χ2v) is 17.7. The van der Waals surface area contributed by atoms with Gasteiger partial charge in [0.2, 0.25) is 10.0 Å². The molecule has 1 aliphatic carbocycles. The Morgan fingerprint density at radius 2 is 1.57 bits per heavy atom. The lowest BCUT2D eigenvalue weighted by molar-refractivity contribution is 0.179. The van der Waals surface area contributed by atoms with Gasteiger partial charge in [-0.1, -0.05) is 49.0 Å². The molecule has 2 aliphatic heterocycles. The lowest BCUT2D eigenvalue weighted by Gasteiger charge is -2.36. The number of hydrogen-bond acceptors (Lipinski definition) is 7. The van der Waals surface area contributed by atoms with Gasteiger partial charge in [0.25, 0.3) is 10.2 Å². The number of benzene rings is 2. The van der Waals surface area contributed by atoms with Crippen molar-refractivity contribution in [1.82, 2.24) is 23.0 Å². The number of hydrogen-bond donors (Lipinski definition) is 0. The van der Waals surface area contributed by atoms with Crippen LogP contribution in [0.3, 0.4) is 0 Å². The first-order valence-electron chi connectivity index (χ1n) is 16.7. The summed E-state index contributed by atoms with van der Waals surface area (Å²) < 4.78 is 66.6. The van der Waals surface area contributed by atoms with Crippen LogP contribution in [0.15, 0.2) is 52.0 Å². The van der Waals surface area contributed by atoms with Gasteiger partial charge in [0.05, 0.1) is 11.1 Å². The molecule has 6 rings (SSSR count). The molecule has 13 heteroatoms. The normalized spacial score (nSPS) is 23.1. The van der Waals surface area contributed by atoms with Crippen LogP contribution < -0.4 is 0 Å². The first kappa shape index (κ1) is 33.8. The minimum Gasteiger partial charge on any atom is -0.356 e. The van der Waals surface area contributed by atoms with E-state index in [2.05, 4.69) is 10.1 Å². The van der Waals surface area contributed by atoms with E-state index in [1.165, 1.54) is 38.3 Å². The van der Waals surface area contributed by atoms with Crippen LogP contribution in [0.4, 0.5) is 0 Å². The van der Waals surface area contributed by atoms with Gasteiger partial charge in [0.1, 0.15) is 0 Å². The SMILES string of the molecule is C[C@H]1CN(S(=O)(=O)c2ccc3oncc3c2)CCCN(CC2CCCCC2)CCCN(S(=O)(=O)N2CCc3cc(Cl)ccc3C2)C1. The number of rotatable bonds is 6. The van der Waals surface area contributed by atoms with E-state index in [0.717, 1.165) is 37.2 Å². The summed E-state index contributed by atoms with van der Waals surface area (Å²) in [4.78, 5) is 2.64. The molecular weight excluding hydrogens is 646 g/mol. The Bertz CT molecular complexity index is 1710. The minimum absolute atomic E-state index is 0.193. The van der Waals surface area contributed by atoms with Gasteiger partial charge in [-0.25, -0.2) is 8.42 Å². The second-order valence-electron chi connectivity index (χ2n) is 13.4. The molecule has 1 atom stereocenters. The van der Waals surface area contributed by atoms with Crippen molar-refractivity contribution in [3.63, 3.8) is 0 Å². The molecule has 3 heterocycles. The molecule has 0 radical (unpaired) electrons. The molecule has 0 unspecified atom stereocenters. The summed E-state index contributed by atoms with van der Waals surface area (Å²) in [5.74, 6) is 0.413. The van der Waals surface area contributed by atoms with E-state index in [1.54, 1.807) is 31.1 Å². The highest BCUT2D eigenvalue weighted by molar-refractivity contribution is 7.89. The fourth-order valence-corrected chi connectivity index (χ4v) is 10.9. The molecule has 252 valence electrons. The molecule has 0 amide bonds. The van der Waals surface area contributed by atoms with Crippen LogP contribution in [0.25, 0.3) is 11.0 Å². The molecule has 1 saturated heterocycles. The first-order chi connectivity index (χ1) is 22.1. The molecule has 46 heavy (non-hydrogen) atoms. The van der Waals surface area contributed by atoms with Crippen molar-refractivity contribution in [3.8, 4) is 0 Å². The Hall–Kier alpha value is -2.06. The minimum atomic E-state index is -3.85. The van der Waals surface area contributed by atoms with Crippen LogP contribution in [0, 0.1) is 11.8 Å². The zero-order valence-corrected chi connectivity index (χ0v) is 29.1. The van der Waals surface area contributed by atoms with Gasteiger partial charge in [-0.15, -0.1) is 0 Å². The summed E-state index contributed by atoms with van der Waals surface area (Å²) in [7, 11) is -7.65. The topological polar surface area (TPSA) is 107 Å². The van der Waals surface area contributed by atoms with Crippen LogP contribution in [0.2, 0.25) is 5.02 Å². The van der Waals surface area contributed by atoms with E-state index in [0.29, 0.717) is 60.9 Å². The third-order valence-corrected chi connectivity index (χ3v) is 13.8. The quantitative estimate of drug-likeness (QED) is 0.341. The van der Waals surface area contributed by atoms with Gasteiger partial charge >= 0.3 is 0 Å². The van der Waals surface area contributed by atoms with E-state index in [1.807, 2.05) is 25.1 Å². The van der Waals surface area contributed by atoms with Crippen molar-refractivity contribution in [2.45, 2.75) is 69.7 Å². The van der Waals surface area contributed by atoms with Gasteiger partial charge in [-0.3, -0.25) is 0 Å². The number of aromatic nitrogens is 1. The molecule has 0 spiro atoms. The zero-order chi connectivity index (χ0) is 32.3. The van der Waals surface area contributed by atoms with E-state index >= 15 is 0 Å². The third-order valence-electron chi connectivity index (χ3n) is 9.80. The van der Waals surface area contributed by atoms with Crippen molar-refractivity contribution in [2.24, 2.45) is 11.8 Å². The number of sulfonamides is 1. The molecule has 2 fully saturated rings. The smallest absolute Gasteiger partial charge is 0.282 e. The van der Waals surface area contributed by atoms with Gasteiger partial charge in [0, 0.05) is 56.2 Å². The number of halogens is 1. The Labute approximate surface area is 278 Å². The van der Waals surface area contributed by atoms with Crippen molar-refractivity contribution in [3.05, 3.63) is 58.7 Å². The number of fused-ring (bicyclic) bond motifs is 2. The summed E-state index contributed by atoms with van der Waals surface area (Å²) >= 11 is 6.21. The maximum Gasteiger partial charge on any atom is 0.282 e. The van der Waals surface area contributed by atoms with E-state index in [-0.39, 0.29) is 23.9 Å². The Kier molecular flexibility index (Phi) is 10.7. The predicted molar refractivity (Wildman–Crippen MR) is 180 cm³/mol. The molecule has 3 aliphatic rings. The van der Waals surface area contributed by atoms with Crippen molar-refractivity contribution in [1.29, 1.82) is 0 Å². The van der Waals surface area contributed by atoms with Gasteiger partial charge in [-0.05, 0) is 98.5 Å². The van der Waals surface area contributed by atoms with Gasteiger partial charge in [0.15, 0.2) is 5.58 Å². The van der Waals surface area contributed by atoms with Crippen LogP contribution in [0.5, 0.6) is 0 Å². The third kappa shape index (κ3) is 7.80. The van der Waals surface area contributed by atoms with Crippen LogP contribution in [0.1, 0.15) is 63.0 Å². The Morgan fingerprint density at radius 1 is 0.826 bits per heavy atom. The summed E-state index contributed by atoms with van der Waals surface area (Å²) in [5, 5.41) is 5.09. The lowest BCUT2D eigenvalue weighted by atomic mass is 9.89. The standard InChI is InChI=1S/C33H46ClN5O5S2/c1-26-22-37(45(40,41)32-11-12-33-30(20-32)21-35-44-33)16-5-14-36(24-27-7-3-2-4-8-27)15-6-17-38(23-26)46(42,43)39-18-13-28-19-31(34)10-9-29(28)25-39/h9-12,19-21,26-27H,2-8,13-18,22-25H2,1H3/t26-/m0/s1. The highest BCUT2D eigenvalue weighted by Crippen LogP contribution is 2.28. The fraction of sp³-hybridized carbons (Fsp3) is 0.606. The largest absolute Gasteiger partial charge is 0.356 e. The Balaban J connectivity index is 1.25. The van der Waals surface area contributed by atoms with E-state index in [4.69, 9.17) is 16.1 Å². The maximum absolute atomic E-state index is 14.2. The molecule has 0 bridgehead atoms. The second kappa shape index (κ2) is 14.6.